The van der Waals surface area contributed by atoms with Crippen molar-refractivity contribution in [3.8, 4) is 0 Å². The quantitative estimate of drug-likeness (QED) is 0.664. The second-order valence-electron chi connectivity index (χ2n) is 5.52. The maximum atomic E-state index is 2.37. The van der Waals surface area contributed by atoms with E-state index < -0.39 is 23.2 Å². The van der Waals surface area contributed by atoms with Crippen molar-refractivity contribution in [2.45, 2.75) is 40.5 Å². The molecule has 0 nitrogen and oxygen atoms in total. The summed E-state index contributed by atoms with van der Waals surface area (Å²) in [6.07, 6.45) is 12.0. The van der Waals surface area contributed by atoms with Crippen molar-refractivity contribution < 1.29 is 32.6 Å². The Hall–Kier alpha value is -0.297. The predicted octanol–water partition coefficient (Wildman–Crippen LogP) is 5.11. The standard InChI is InChI=1S/2C8H11.2FH.Zr/c2*1-7(2)8-5-3-4-6-8;;;/h2*3,5,7H,4H2,1-2H3;2*1H;. The molecule has 2 aliphatic carbocycles. The topological polar surface area (TPSA) is 0 Å². The molecular formula is C16H24F2Zr. The van der Waals surface area contributed by atoms with E-state index in [2.05, 4.69) is 52.0 Å². The molecule has 0 aliphatic heterocycles. The Labute approximate surface area is 127 Å². The van der Waals surface area contributed by atoms with E-state index in [9.17, 15) is 0 Å². The van der Waals surface area contributed by atoms with E-state index in [0.29, 0.717) is 11.8 Å². The Morgan fingerprint density at radius 1 is 0.789 bits per heavy atom. The third-order valence-electron chi connectivity index (χ3n) is 3.48. The first kappa shape index (κ1) is 18.7. The van der Waals surface area contributed by atoms with Crippen LogP contribution in [0.4, 0.5) is 9.41 Å². The van der Waals surface area contributed by atoms with Gasteiger partial charge in [0.1, 0.15) is 0 Å². The third kappa shape index (κ3) is 4.34. The summed E-state index contributed by atoms with van der Waals surface area (Å²) in [6.45, 7) is 9.31. The average Bonchev–Trinajstić information content (AvgIpc) is 2.86. The van der Waals surface area contributed by atoms with Crippen LogP contribution < -0.4 is 0 Å². The molecule has 106 valence electrons. The molecule has 2 aliphatic rings. The minimum Gasteiger partial charge on any atom is -0.269 e. The molecule has 0 unspecified atom stereocenters. The van der Waals surface area contributed by atoms with E-state index in [4.69, 9.17) is 0 Å². The third-order valence-corrected chi connectivity index (χ3v) is 7.39. The van der Waals surface area contributed by atoms with Crippen LogP contribution in [0.2, 0.25) is 0 Å². The Morgan fingerprint density at radius 2 is 1.16 bits per heavy atom. The average molecular weight is 346 g/mol. The van der Waals surface area contributed by atoms with Crippen LogP contribution in [0.15, 0.2) is 42.0 Å². The molecule has 0 fully saturated rings. The molecule has 0 heterocycles. The van der Waals surface area contributed by atoms with Crippen LogP contribution in [-0.2, 0) is 23.2 Å². The molecule has 0 amide bonds. The van der Waals surface area contributed by atoms with E-state index in [0.717, 1.165) is 0 Å². The smallest absolute Gasteiger partial charge is 0.269 e. The Balaban J connectivity index is 0.00000162. The number of hydrogen-bond donors (Lipinski definition) is 0. The molecule has 2 rings (SSSR count). The first-order valence-corrected chi connectivity index (χ1v) is 9.11. The number of allylic oxidation sites excluding steroid dienone is 8. The Morgan fingerprint density at radius 3 is 1.47 bits per heavy atom. The summed E-state index contributed by atoms with van der Waals surface area (Å²) in [6, 6.07) is 0. The number of rotatable bonds is 4. The van der Waals surface area contributed by atoms with Gasteiger partial charge in [-0.3, -0.25) is 9.41 Å². The molecular weight excluding hydrogens is 321 g/mol. The van der Waals surface area contributed by atoms with Gasteiger partial charge in [-0.05, 0) is 0 Å². The van der Waals surface area contributed by atoms with E-state index in [1.54, 1.807) is 11.1 Å². The second-order valence-corrected chi connectivity index (χ2v) is 9.10. The van der Waals surface area contributed by atoms with Gasteiger partial charge in [0.25, 0.3) is 0 Å². The van der Waals surface area contributed by atoms with Crippen LogP contribution in [0.1, 0.15) is 40.5 Å². The minimum absolute atomic E-state index is 0. The van der Waals surface area contributed by atoms with Crippen LogP contribution in [0.5, 0.6) is 0 Å². The molecule has 0 bridgehead atoms. The van der Waals surface area contributed by atoms with Crippen LogP contribution >= 0.6 is 0 Å². The fourth-order valence-corrected chi connectivity index (χ4v) is 7.07. The van der Waals surface area contributed by atoms with Gasteiger partial charge in [0, 0.05) is 0 Å². The van der Waals surface area contributed by atoms with Gasteiger partial charge in [-0.2, -0.15) is 0 Å². The first-order chi connectivity index (χ1) is 8.09. The van der Waals surface area contributed by atoms with Crippen LogP contribution in [-0.4, -0.2) is 0 Å². The van der Waals surface area contributed by atoms with Crippen molar-refractivity contribution in [3.63, 3.8) is 0 Å². The molecule has 0 saturated heterocycles. The summed E-state index contributed by atoms with van der Waals surface area (Å²) < 4.78 is 3.64. The predicted molar refractivity (Wildman–Crippen MR) is 76.2 cm³/mol. The van der Waals surface area contributed by atoms with Crippen LogP contribution in [0, 0.1) is 11.8 Å². The normalized spacial score (nSPS) is 17.4. The summed E-state index contributed by atoms with van der Waals surface area (Å²) in [4.78, 5) is 0. The summed E-state index contributed by atoms with van der Waals surface area (Å²) in [7, 11) is 0. The molecule has 3 heteroatoms. The molecule has 0 aromatic carbocycles. The van der Waals surface area contributed by atoms with Crippen molar-refractivity contribution >= 4 is 0 Å². The van der Waals surface area contributed by atoms with Crippen molar-refractivity contribution in [1.29, 1.82) is 0 Å². The zero-order valence-electron chi connectivity index (χ0n) is 12.2. The fourth-order valence-electron chi connectivity index (χ4n) is 2.55. The van der Waals surface area contributed by atoms with Gasteiger partial charge in [-0.1, -0.05) is 0 Å². The van der Waals surface area contributed by atoms with E-state index in [1.807, 2.05) is 6.56 Å². The number of hydrogen-bond acceptors (Lipinski definition) is 0. The van der Waals surface area contributed by atoms with Crippen molar-refractivity contribution in [2.75, 3.05) is 0 Å². The van der Waals surface area contributed by atoms with Crippen molar-refractivity contribution in [2.24, 2.45) is 11.8 Å². The molecule has 19 heavy (non-hydrogen) atoms. The van der Waals surface area contributed by atoms with E-state index in [1.165, 1.54) is 12.8 Å². The maximum Gasteiger partial charge on any atom is -0.269 e. The Bertz CT molecular complexity index is 386. The van der Waals surface area contributed by atoms with E-state index in [-0.39, 0.29) is 9.41 Å². The van der Waals surface area contributed by atoms with E-state index >= 15 is 0 Å². The summed E-state index contributed by atoms with van der Waals surface area (Å²) in [5.74, 6) is 1.42. The molecule has 0 atom stereocenters. The largest absolute Gasteiger partial charge is 0.269 e. The molecule has 0 aromatic heterocycles. The van der Waals surface area contributed by atoms with Crippen LogP contribution in [0.3, 0.4) is 0 Å². The summed E-state index contributed by atoms with van der Waals surface area (Å²) in [5.41, 5.74) is 3.30. The van der Waals surface area contributed by atoms with Gasteiger partial charge in [-0.15, -0.1) is 0 Å². The van der Waals surface area contributed by atoms with Gasteiger partial charge in [-0.25, -0.2) is 0 Å². The summed E-state index contributed by atoms with van der Waals surface area (Å²) in [5, 5.41) is 0. The van der Waals surface area contributed by atoms with Crippen molar-refractivity contribution in [1.82, 2.24) is 0 Å². The maximum absolute atomic E-state index is 2.37. The minimum atomic E-state index is -0.491. The van der Waals surface area contributed by atoms with Gasteiger partial charge < -0.3 is 0 Å². The molecule has 0 spiro atoms. The Kier molecular flexibility index (Phi) is 7.97. The summed E-state index contributed by atoms with van der Waals surface area (Å²) >= 11 is -0.491. The first-order valence-electron chi connectivity index (χ1n) is 6.65. The number of halogens is 2. The second kappa shape index (κ2) is 8.09. The van der Waals surface area contributed by atoms with Gasteiger partial charge in [0.2, 0.25) is 0 Å². The molecule has 0 saturated carbocycles. The molecule has 0 aromatic rings. The van der Waals surface area contributed by atoms with Crippen LogP contribution in [0.25, 0.3) is 0 Å². The fraction of sp³-hybridized carbons (Fsp3) is 0.500. The molecule has 0 radical (unpaired) electrons. The van der Waals surface area contributed by atoms with Gasteiger partial charge in [0.05, 0.1) is 0 Å². The molecule has 0 N–H and O–H groups in total. The van der Waals surface area contributed by atoms with Gasteiger partial charge >= 0.3 is 118 Å². The van der Waals surface area contributed by atoms with Gasteiger partial charge in [0.15, 0.2) is 0 Å². The monoisotopic (exact) mass is 344 g/mol. The SMILES string of the molecule is CC(C)C1=[C]([Zr][C]2=C(C(C)C)C=CC2)CC=C1.F.F. The van der Waals surface area contributed by atoms with Crippen molar-refractivity contribution in [3.05, 3.63) is 42.0 Å². The zero-order valence-corrected chi connectivity index (χ0v) is 14.7. The zero-order chi connectivity index (χ0) is 12.4.